The minimum absolute atomic E-state index is 0.0158. The smallest absolute Gasteiger partial charge is 0.338 e. The lowest BCUT2D eigenvalue weighted by molar-refractivity contribution is 0.0473. The van der Waals surface area contributed by atoms with E-state index in [-0.39, 0.29) is 16.2 Å². The molecular weight excluding hydrogens is 462 g/mol. The first-order valence-electron chi connectivity index (χ1n) is 10.5. The van der Waals surface area contributed by atoms with Gasteiger partial charge in [-0.15, -0.1) is 11.3 Å². The zero-order valence-electron chi connectivity index (χ0n) is 19.3. The molecule has 1 aromatic carbocycles. The number of hydrogen-bond donors (Lipinski definition) is 0. The van der Waals surface area contributed by atoms with Crippen molar-refractivity contribution in [3.63, 3.8) is 0 Å². The summed E-state index contributed by atoms with van der Waals surface area (Å²) in [5, 5.41) is 2.61. The van der Waals surface area contributed by atoms with Crippen LogP contribution in [0.3, 0.4) is 0 Å². The maximum absolute atomic E-state index is 12.8. The van der Waals surface area contributed by atoms with Crippen LogP contribution in [0.2, 0.25) is 0 Å². The summed E-state index contributed by atoms with van der Waals surface area (Å²) in [4.78, 5) is 29.8. The van der Waals surface area contributed by atoms with E-state index in [0.29, 0.717) is 29.9 Å². The number of nitrogens with zero attached hydrogens (tertiary/aromatic N) is 3. The van der Waals surface area contributed by atoms with E-state index in [4.69, 9.17) is 4.74 Å². The van der Waals surface area contributed by atoms with Crippen LogP contribution >= 0.6 is 11.3 Å². The van der Waals surface area contributed by atoms with E-state index in [1.54, 1.807) is 39.1 Å². The number of aryl methyl sites for hydroxylation is 2. The number of thiazole rings is 1. The number of rotatable bonds is 9. The largest absolute Gasteiger partial charge is 0.454 e. The Morgan fingerprint density at radius 3 is 2.39 bits per heavy atom. The highest BCUT2D eigenvalue weighted by atomic mass is 32.2. The molecule has 0 unspecified atom stereocenters. The molecule has 3 rings (SSSR count). The molecule has 0 aliphatic carbocycles. The van der Waals surface area contributed by atoms with Gasteiger partial charge in [-0.1, -0.05) is 19.9 Å². The summed E-state index contributed by atoms with van der Waals surface area (Å²) in [5.41, 5.74) is 2.69. The average molecular weight is 490 g/mol. The average Bonchev–Trinajstić information content (AvgIpc) is 3.40. The van der Waals surface area contributed by atoms with Gasteiger partial charge in [-0.25, -0.2) is 18.2 Å². The zero-order valence-corrected chi connectivity index (χ0v) is 20.9. The van der Waals surface area contributed by atoms with Gasteiger partial charge in [-0.05, 0) is 44.5 Å². The highest BCUT2D eigenvalue weighted by molar-refractivity contribution is 7.89. The van der Waals surface area contributed by atoms with E-state index < -0.39 is 22.6 Å². The second-order valence-corrected chi connectivity index (χ2v) is 10.3. The maximum Gasteiger partial charge on any atom is 0.338 e. The molecule has 8 nitrogen and oxygen atoms in total. The van der Waals surface area contributed by atoms with Crippen LogP contribution in [0.1, 0.15) is 51.5 Å². The van der Waals surface area contributed by atoms with Crippen LogP contribution in [0.5, 0.6) is 0 Å². The molecule has 0 atom stereocenters. The van der Waals surface area contributed by atoms with Crippen molar-refractivity contribution in [2.24, 2.45) is 0 Å². The molecule has 0 spiro atoms. The van der Waals surface area contributed by atoms with Gasteiger partial charge < -0.3 is 4.74 Å². The number of Topliss-reactive ketones (excluding diaryl/α,β-unsaturated/α-hetero) is 1. The van der Waals surface area contributed by atoms with Gasteiger partial charge in [0.25, 0.3) is 0 Å². The minimum atomic E-state index is -3.73. The van der Waals surface area contributed by atoms with Gasteiger partial charge in [-0.2, -0.15) is 4.31 Å². The van der Waals surface area contributed by atoms with E-state index in [2.05, 4.69) is 4.98 Å². The lowest BCUT2D eigenvalue weighted by atomic mass is 10.1. The predicted molar refractivity (Wildman–Crippen MR) is 127 cm³/mol. The Labute approximate surface area is 197 Å². The molecular formula is C23H27N3O5S2. The van der Waals surface area contributed by atoms with Gasteiger partial charge in [0, 0.05) is 41.6 Å². The highest BCUT2D eigenvalue weighted by Crippen LogP contribution is 2.23. The molecule has 2 aromatic heterocycles. The summed E-state index contributed by atoms with van der Waals surface area (Å²) >= 11 is 1.46. The van der Waals surface area contributed by atoms with Crippen LogP contribution in [0.15, 0.2) is 40.7 Å². The van der Waals surface area contributed by atoms with Crippen molar-refractivity contribution in [3.05, 3.63) is 63.9 Å². The molecule has 0 bridgehead atoms. The predicted octanol–water partition coefficient (Wildman–Crippen LogP) is 3.93. The SMILES string of the molecule is CCN(CC)S(=O)(=O)c1ccc(C)c(C(=O)OCC(=O)c2cc(C)n(-c3nccs3)c2C)c1. The number of hydrogen-bond acceptors (Lipinski definition) is 7. The van der Waals surface area contributed by atoms with E-state index >= 15 is 0 Å². The normalized spacial score (nSPS) is 11.7. The summed E-state index contributed by atoms with van der Waals surface area (Å²) in [6.07, 6.45) is 1.69. The van der Waals surface area contributed by atoms with Crippen LogP contribution in [-0.4, -0.2) is 53.7 Å². The van der Waals surface area contributed by atoms with Gasteiger partial charge >= 0.3 is 5.97 Å². The van der Waals surface area contributed by atoms with Gasteiger partial charge in [-0.3, -0.25) is 9.36 Å². The van der Waals surface area contributed by atoms with Crippen molar-refractivity contribution < 1.29 is 22.7 Å². The van der Waals surface area contributed by atoms with E-state index in [0.717, 1.165) is 10.8 Å². The fraction of sp³-hybridized carbons (Fsp3) is 0.348. The summed E-state index contributed by atoms with van der Waals surface area (Å²) in [6.45, 7) is 9.07. The van der Waals surface area contributed by atoms with Crippen molar-refractivity contribution >= 4 is 33.1 Å². The monoisotopic (exact) mass is 489 g/mol. The standard InChI is InChI=1S/C23H27N3O5S2/c1-6-25(7-2)33(29,30)18-9-8-15(3)19(13-18)22(28)31-14-21(27)20-12-16(4)26(17(20)5)23-24-10-11-32-23/h8-13H,6-7,14H2,1-5H3. The third kappa shape index (κ3) is 4.92. The summed E-state index contributed by atoms with van der Waals surface area (Å²) in [7, 11) is -3.73. The van der Waals surface area contributed by atoms with Crippen molar-refractivity contribution in [2.45, 2.75) is 39.5 Å². The van der Waals surface area contributed by atoms with Crippen molar-refractivity contribution in [1.82, 2.24) is 13.9 Å². The van der Waals surface area contributed by atoms with Crippen molar-refractivity contribution in [3.8, 4) is 5.13 Å². The van der Waals surface area contributed by atoms with E-state index in [9.17, 15) is 18.0 Å². The lowest BCUT2D eigenvalue weighted by Gasteiger charge is -2.19. The molecule has 176 valence electrons. The Balaban J connectivity index is 1.79. The summed E-state index contributed by atoms with van der Waals surface area (Å²) in [6, 6.07) is 6.09. The highest BCUT2D eigenvalue weighted by Gasteiger charge is 2.25. The molecule has 0 saturated carbocycles. The van der Waals surface area contributed by atoms with Crippen LogP contribution in [-0.2, 0) is 14.8 Å². The van der Waals surface area contributed by atoms with Gasteiger partial charge in [0.05, 0.1) is 10.5 Å². The third-order valence-corrected chi connectivity index (χ3v) is 8.25. The van der Waals surface area contributed by atoms with Crippen LogP contribution in [0.4, 0.5) is 0 Å². The summed E-state index contributed by atoms with van der Waals surface area (Å²) in [5.74, 6) is -1.09. The second-order valence-electron chi connectivity index (χ2n) is 7.50. The molecule has 0 amide bonds. The summed E-state index contributed by atoms with van der Waals surface area (Å²) < 4.78 is 34.1. The Bertz CT molecular complexity index is 1270. The number of ether oxygens (including phenoxy) is 1. The first kappa shape index (κ1) is 24.8. The fourth-order valence-electron chi connectivity index (χ4n) is 3.65. The minimum Gasteiger partial charge on any atom is -0.454 e. The topological polar surface area (TPSA) is 98.6 Å². The van der Waals surface area contributed by atoms with Crippen molar-refractivity contribution in [1.29, 1.82) is 0 Å². The van der Waals surface area contributed by atoms with Gasteiger partial charge in [0.2, 0.25) is 15.8 Å². The number of carbonyl (C=O) groups excluding carboxylic acids is 2. The number of esters is 1. The number of ketones is 1. The van der Waals surface area contributed by atoms with E-state index in [1.807, 2.05) is 23.8 Å². The molecule has 0 aliphatic rings. The molecule has 0 aliphatic heterocycles. The Morgan fingerprint density at radius 1 is 1.09 bits per heavy atom. The lowest BCUT2D eigenvalue weighted by Crippen LogP contribution is -2.30. The molecule has 0 radical (unpaired) electrons. The molecule has 0 fully saturated rings. The van der Waals surface area contributed by atoms with E-state index in [1.165, 1.54) is 27.8 Å². The third-order valence-electron chi connectivity index (χ3n) is 5.45. The van der Waals surface area contributed by atoms with Crippen LogP contribution < -0.4 is 0 Å². The van der Waals surface area contributed by atoms with Gasteiger partial charge in [0.1, 0.15) is 0 Å². The molecule has 3 aromatic rings. The number of carbonyl (C=O) groups is 2. The van der Waals surface area contributed by atoms with Crippen LogP contribution in [0, 0.1) is 20.8 Å². The Morgan fingerprint density at radius 2 is 1.79 bits per heavy atom. The van der Waals surface area contributed by atoms with Crippen molar-refractivity contribution in [2.75, 3.05) is 19.7 Å². The molecule has 0 N–H and O–H groups in total. The maximum atomic E-state index is 12.8. The second kappa shape index (κ2) is 9.98. The van der Waals surface area contributed by atoms with Gasteiger partial charge in [0.15, 0.2) is 11.7 Å². The molecule has 0 saturated heterocycles. The number of benzene rings is 1. The first-order chi connectivity index (χ1) is 15.6. The molecule has 2 heterocycles. The zero-order chi connectivity index (χ0) is 24.3. The quantitative estimate of drug-likeness (QED) is 0.334. The molecule has 10 heteroatoms. The van der Waals surface area contributed by atoms with Crippen LogP contribution in [0.25, 0.3) is 5.13 Å². The fourth-order valence-corrected chi connectivity index (χ4v) is 5.88. The first-order valence-corrected chi connectivity index (χ1v) is 12.8. The number of sulfonamides is 1. The molecule has 33 heavy (non-hydrogen) atoms. The Kier molecular flexibility index (Phi) is 7.51. The number of aromatic nitrogens is 2. The Hall–Kier alpha value is -2.82.